The predicted molar refractivity (Wildman–Crippen MR) is 113 cm³/mol. The predicted octanol–water partition coefficient (Wildman–Crippen LogP) is 3.96. The van der Waals surface area contributed by atoms with E-state index in [1.54, 1.807) is 6.07 Å². The van der Waals surface area contributed by atoms with Gasteiger partial charge in [-0.05, 0) is 48.4 Å². The van der Waals surface area contributed by atoms with Gasteiger partial charge < -0.3 is 20.1 Å². The Bertz CT molecular complexity index is 808. The lowest BCUT2D eigenvalue weighted by Gasteiger charge is -2.30. The van der Waals surface area contributed by atoms with Crippen LogP contribution in [0, 0.1) is 0 Å². The van der Waals surface area contributed by atoms with Crippen molar-refractivity contribution in [2.24, 2.45) is 0 Å². The summed E-state index contributed by atoms with van der Waals surface area (Å²) in [7, 11) is 0. The second-order valence-corrected chi connectivity index (χ2v) is 8.36. The molecule has 27 heavy (non-hydrogen) atoms. The molecule has 0 aliphatic carbocycles. The Balaban J connectivity index is 1.88. The maximum atomic E-state index is 11.3. The Morgan fingerprint density at radius 1 is 1.19 bits per heavy atom. The maximum absolute atomic E-state index is 11.3. The molecule has 1 aliphatic rings. The fourth-order valence-electron chi connectivity index (χ4n) is 3.21. The molecular formula is C19H22Cl2N3O2S-. The standard InChI is InChI=1S/C19H23Cl2N3O2S/c1-13(15-8-16(20)10-17(21)9-15)23-19-11-18(24-6-4-22-5-7-24)3-2-14(19)12-27(25)26/h2-3,8-11,13,22-23H,4-7,12H2,1H3,(H,25,26)/p-1. The number of hydrogen-bond acceptors (Lipinski definition) is 5. The van der Waals surface area contributed by atoms with Gasteiger partial charge in [-0.15, -0.1) is 0 Å². The van der Waals surface area contributed by atoms with Crippen molar-refractivity contribution in [2.45, 2.75) is 18.7 Å². The molecule has 3 rings (SSSR count). The molecule has 1 fully saturated rings. The molecule has 0 amide bonds. The molecule has 2 unspecified atom stereocenters. The lowest BCUT2D eigenvalue weighted by atomic mass is 10.1. The van der Waals surface area contributed by atoms with Crippen molar-refractivity contribution in [1.82, 2.24) is 5.32 Å². The van der Waals surface area contributed by atoms with E-state index >= 15 is 0 Å². The number of hydrogen-bond donors (Lipinski definition) is 2. The summed E-state index contributed by atoms with van der Waals surface area (Å²) in [6.07, 6.45) is 0. The molecular weight excluding hydrogens is 405 g/mol. The van der Waals surface area contributed by atoms with Crippen molar-refractivity contribution in [3.63, 3.8) is 0 Å². The molecule has 2 aromatic rings. The van der Waals surface area contributed by atoms with E-state index in [1.807, 2.05) is 37.3 Å². The zero-order valence-electron chi connectivity index (χ0n) is 15.0. The van der Waals surface area contributed by atoms with Gasteiger partial charge >= 0.3 is 0 Å². The van der Waals surface area contributed by atoms with E-state index in [9.17, 15) is 8.76 Å². The summed E-state index contributed by atoms with van der Waals surface area (Å²) < 4.78 is 22.5. The maximum Gasteiger partial charge on any atom is 0.0486 e. The van der Waals surface area contributed by atoms with Crippen LogP contribution in [0.25, 0.3) is 0 Å². The van der Waals surface area contributed by atoms with Crippen molar-refractivity contribution in [3.05, 3.63) is 57.6 Å². The van der Waals surface area contributed by atoms with E-state index in [0.717, 1.165) is 48.7 Å². The highest BCUT2D eigenvalue weighted by atomic mass is 35.5. The van der Waals surface area contributed by atoms with Crippen LogP contribution < -0.4 is 15.5 Å². The first-order chi connectivity index (χ1) is 12.9. The Morgan fingerprint density at radius 2 is 1.85 bits per heavy atom. The van der Waals surface area contributed by atoms with Crippen LogP contribution in [-0.2, 0) is 16.8 Å². The number of halogens is 2. The van der Waals surface area contributed by atoms with E-state index in [1.165, 1.54) is 0 Å². The van der Waals surface area contributed by atoms with Crippen molar-refractivity contribution in [2.75, 3.05) is 36.4 Å². The van der Waals surface area contributed by atoms with Crippen LogP contribution in [0.4, 0.5) is 11.4 Å². The van der Waals surface area contributed by atoms with E-state index in [0.29, 0.717) is 10.0 Å². The number of piperazine rings is 1. The van der Waals surface area contributed by atoms with Gasteiger partial charge in [-0.2, -0.15) is 0 Å². The topological polar surface area (TPSA) is 67.4 Å². The molecule has 146 valence electrons. The largest absolute Gasteiger partial charge is 0.772 e. The molecule has 0 radical (unpaired) electrons. The minimum absolute atomic E-state index is 0.0345. The molecule has 0 bridgehead atoms. The molecule has 8 heteroatoms. The molecule has 2 N–H and O–H groups in total. The zero-order valence-corrected chi connectivity index (χ0v) is 17.3. The van der Waals surface area contributed by atoms with E-state index in [4.69, 9.17) is 23.2 Å². The lowest BCUT2D eigenvalue weighted by molar-refractivity contribution is 0.536. The van der Waals surface area contributed by atoms with Gasteiger partial charge in [0.1, 0.15) is 0 Å². The second-order valence-electron chi connectivity index (χ2n) is 6.60. The zero-order chi connectivity index (χ0) is 19.4. The minimum atomic E-state index is -2.16. The molecule has 0 spiro atoms. The Morgan fingerprint density at radius 3 is 2.48 bits per heavy atom. The van der Waals surface area contributed by atoms with Gasteiger partial charge in [-0.3, -0.25) is 4.21 Å². The average Bonchev–Trinajstić information content (AvgIpc) is 2.62. The molecule has 5 nitrogen and oxygen atoms in total. The fraction of sp³-hybridized carbons (Fsp3) is 0.368. The molecule has 0 aromatic heterocycles. The number of nitrogens with zero attached hydrogens (tertiary/aromatic N) is 1. The van der Waals surface area contributed by atoms with Crippen LogP contribution in [0.3, 0.4) is 0 Å². The number of rotatable bonds is 6. The summed E-state index contributed by atoms with van der Waals surface area (Å²) >= 11 is 10.1. The highest BCUT2D eigenvalue weighted by Gasteiger charge is 2.15. The molecule has 0 saturated carbocycles. The SMILES string of the molecule is CC(Nc1cc(N2CCNCC2)ccc1CS(=O)[O-])c1cc(Cl)cc(Cl)c1. The summed E-state index contributed by atoms with van der Waals surface area (Å²) in [6.45, 7) is 5.72. The summed E-state index contributed by atoms with van der Waals surface area (Å²) in [6, 6.07) is 11.2. The quantitative estimate of drug-likeness (QED) is 0.684. The van der Waals surface area contributed by atoms with Gasteiger partial charge in [-0.1, -0.05) is 40.3 Å². The van der Waals surface area contributed by atoms with Crippen molar-refractivity contribution in [1.29, 1.82) is 0 Å². The Hall–Kier alpha value is -1.31. The third kappa shape index (κ3) is 5.59. The highest BCUT2D eigenvalue weighted by molar-refractivity contribution is 7.78. The fourth-order valence-corrected chi connectivity index (χ4v) is 4.26. The lowest BCUT2D eigenvalue weighted by Crippen LogP contribution is -2.43. The van der Waals surface area contributed by atoms with Crippen molar-refractivity contribution < 1.29 is 8.76 Å². The van der Waals surface area contributed by atoms with E-state index in [2.05, 4.69) is 15.5 Å². The first kappa shape index (κ1) is 20.4. The van der Waals surface area contributed by atoms with Crippen molar-refractivity contribution in [3.8, 4) is 0 Å². The van der Waals surface area contributed by atoms with Gasteiger partial charge in [-0.25, -0.2) is 0 Å². The van der Waals surface area contributed by atoms with Gasteiger partial charge in [0.15, 0.2) is 0 Å². The van der Waals surface area contributed by atoms with Gasteiger partial charge in [0.25, 0.3) is 0 Å². The second kappa shape index (κ2) is 9.26. The minimum Gasteiger partial charge on any atom is -0.772 e. The van der Waals surface area contributed by atoms with Crippen molar-refractivity contribution >= 4 is 45.7 Å². The van der Waals surface area contributed by atoms with E-state index in [-0.39, 0.29) is 11.8 Å². The van der Waals surface area contributed by atoms with Gasteiger partial charge in [0, 0.05) is 59.4 Å². The monoisotopic (exact) mass is 426 g/mol. The third-order valence-electron chi connectivity index (χ3n) is 4.61. The summed E-state index contributed by atoms with van der Waals surface area (Å²) in [5, 5.41) is 7.91. The molecule has 1 saturated heterocycles. The number of benzene rings is 2. The van der Waals surface area contributed by atoms with Crippen LogP contribution in [0.1, 0.15) is 24.1 Å². The Kier molecular flexibility index (Phi) is 7.00. The average molecular weight is 427 g/mol. The molecule has 2 atom stereocenters. The van der Waals surface area contributed by atoms with Crippen LogP contribution in [-0.4, -0.2) is 34.9 Å². The van der Waals surface area contributed by atoms with Crippen LogP contribution in [0.2, 0.25) is 10.0 Å². The van der Waals surface area contributed by atoms with Crippen LogP contribution in [0.15, 0.2) is 36.4 Å². The van der Waals surface area contributed by atoms with Gasteiger partial charge in [0.2, 0.25) is 0 Å². The van der Waals surface area contributed by atoms with Crippen LogP contribution in [0.5, 0.6) is 0 Å². The van der Waals surface area contributed by atoms with Crippen LogP contribution >= 0.6 is 23.2 Å². The summed E-state index contributed by atoms with van der Waals surface area (Å²) in [5.74, 6) is -0.0345. The first-order valence-electron chi connectivity index (χ1n) is 8.79. The Labute approximate surface area is 172 Å². The molecule has 2 aromatic carbocycles. The number of anilines is 2. The number of nitrogens with one attached hydrogen (secondary N) is 2. The first-order valence-corrected chi connectivity index (χ1v) is 10.8. The normalized spacial score (nSPS) is 16.8. The third-order valence-corrected chi connectivity index (χ3v) is 5.59. The van der Waals surface area contributed by atoms with E-state index < -0.39 is 11.1 Å². The summed E-state index contributed by atoms with van der Waals surface area (Å²) in [5.41, 5.74) is 3.56. The molecule has 1 aliphatic heterocycles. The highest BCUT2D eigenvalue weighted by Crippen LogP contribution is 2.30. The smallest absolute Gasteiger partial charge is 0.0486 e. The summed E-state index contributed by atoms with van der Waals surface area (Å²) in [4.78, 5) is 2.29. The molecule has 1 heterocycles. The van der Waals surface area contributed by atoms with Gasteiger partial charge in [0.05, 0.1) is 0 Å².